The summed E-state index contributed by atoms with van der Waals surface area (Å²) in [6.45, 7) is 3.81. The molecule has 0 unspecified atom stereocenters. The molecule has 1 amide bonds. The van der Waals surface area contributed by atoms with Gasteiger partial charge in [0.15, 0.2) is 0 Å². The molecule has 0 saturated heterocycles. The van der Waals surface area contributed by atoms with Gasteiger partial charge in [-0.15, -0.1) is 0 Å². The molecule has 6 N–H and O–H groups in total. The summed E-state index contributed by atoms with van der Waals surface area (Å²) in [5.74, 6) is -1.21. The van der Waals surface area contributed by atoms with E-state index in [9.17, 15) is 41.7 Å². The van der Waals surface area contributed by atoms with Crippen LogP contribution in [-0.4, -0.2) is 48.0 Å². The minimum atomic E-state index is -4.62. The van der Waals surface area contributed by atoms with E-state index < -0.39 is 45.1 Å². The van der Waals surface area contributed by atoms with Crippen molar-refractivity contribution >= 4 is 21.6 Å². The molecule has 13 heteroatoms. The average Bonchev–Trinajstić information content (AvgIpc) is 2.86. The number of hydrogen-bond acceptors (Lipinski definition) is 7. The zero-order chi connectivity index (χ0) is 31.3. The highest BCUT2D eigenvalue weighted by atomic mass is 32.2. The number of phenols is 2. The van der Waals surface area contributed by atoms with Gasteiger partial charge in [-0.3, -0.25) is 9.52 Å². The van der Waals surface area contributed by atoms with Gasteiger partial charge in [0.1, 0.15) is 11.5 Å². The second-order valence-electron chi connectivity index (χ2n) is 10.8. The van der Waals surface area contributed by atoms with Gasteiger partial charge in [-0.25, -0.2) is 8.42 Å². The first-order valence-corrected chi connectivity index (χ1v) is 14.8. The molecule has 0 aliphatic carbocycles. The van der Waals surface area contributed by atoms with Gasteiger partial charge in [0, 0.05) is 18.6 Å². The number of anilines is 1. The number of amides is 1. The molecule has 0 aliphatic heterocycles. The largest absolute Gasteiger partial charge is 0.508 e. The average molecular weight is 610 g/mol. The van der Waals surface area contributed by atoms with Crippen molar-refractivity contribution < 1.29 is 41.7 Å². The van der Waals surface area contributed by atoms with Crippen LogP contribution in [-0.2, 0) is 40.4 Å². The van der Waals surface area contributed by atoms with E-state index in [1.807, 2.05) is 26.0 Å². The maximum absolute atomic E-state index is 13.0. The summed E-state index contributed by atoms with van der Waals surface area (Å²) >= 11 is 0. The predicted molar refractivity (Wildman–Crippen MR) is 152 cm³/mol. The summed E-state index contributed by atoms with van der Waals surface area (Å²) in [4.78, 5) is 12.5. The molecule has 3 aromatic rings. The van der Waals surface area contributed by atoms with Gasteiger partial charge in [0.2, 0.25) is 15.9 Å². The van der Waals surface area contributed by atoms with Crippen molar-refractivity contribution in [1.29, 1.82) is 0 Å². The van der Waals surface area contributed by atoms with Crippen molar-refractivity contribution in [2.45, 2.75) is 51.1 Å². The highest BCUT2D eigenvalue weighted by Gasteiger charge is 2.31. The van der Waals surface area contributed by atoms with Gasteiger partial charge in [0.05, 0.1) is 30.0 Å². The Morgan fingerprint density at radius 3 is 2.31 bits per heavy atom. The highest BCUT2D eigenvalue weighted by Crippen LogP contribution is 2.32. The van der Waals surface area contributed by atoms with Crippen molar-refractivity contribution in [2.24, 2.45) is 0 Å². The third kappa shape index (κ3) is 10.2. The summed E-state index contributed by atoms with van der Waals surface area (Å²) in [5.41, 5.74) is 0.576. The Bertz CT molecular complexity index is 1530. The lowest BCUT2D eigenvalue weighted by atomic mass is 9.93. The number of carbonyl (C=O) groups is 1. The Hall–Kier alpha value is -3.81. The van der Waals surface area contributed by atoms with Gasteiger partial charge in [0.25, 0.3) is 0 Å². The molecule has 1 atom stereocenters. The molecule has 3 aromatic carbocycles. The molecule has 0 aromatic heterocycles. The number of phenolic OH excluding ortho intramolecular Hbond substituents is 2. The van der Waals surface area contributed by atoms with E-state index in [4.69, 9.17) is 0 Å². The Morgan fingerprint density at radius 2 is 1.64 bits per heavy atom. The van der Waals surface area contributed by atoms with Crippen LogP contribution in [0.2, 0.25) is 0 Å². The third-order valence-corrected chi connectivity index (χ3v) is 6.86. The van der Waals surface area contributed by atoms with E-state index in [-0.39, 0.29) is 36.5 Å². The fraction of sp³-hybridized carbons (Fsp3) is 0.345. The zero-order valence-corrected chi connectivity index (χ0v) is 24.1. The van der Waals surface area contributed by atoms with Gasteiger partial charge >= 0.3 is 6.18 Å². The molecule has 0 spiro atoms. The lowest BCUT2D eigenvalue weighted by Gasteiger charge is -2.28. The van der Waals surface area contributed by atoms with Crippen LogP contribution < -0.4 is 15.4 Å². The molecule has 0 radical (unpaired) electrons. The van der Waals surface area contributed by atoms with Gasteiger partial charge in [-0.1, -0.05) is 30.3 Å². The topological polar surface area (TPSA) is 148 Å². The van der Waals surface area contributed by atoms with Gasteiger partial charge < -0.3 is 26.0 Å². The number of alkyl halides is 3. The van der Waals surface area contributed by atoms with Crippen LogP contribution in [0.1, 0.15) is 47.8 Å². The number of hydrogen-bond donors (Lipinski definition) is 6. The first kappa shape index (κ1) is 32.7. The van der Waals surface area contributed by atoms with Crippen LogP contribution in [0, 0.1) is 0 Å². The normalized spacial score (nSPS) is 13.0. The van der Waals surface area contributed by atoms with Crippen molar-refractivity contribution in [3.63, 3.8) is 0 Å². The van der Waals surface area contributed by atoms with E-state index in [0.717, 1.165) is 24.0 Å². The molecular formula is C29H34F3N3O6S. The summed E-state index contributed by atoms with van der Waals surface area (Å²) < 4.78 is 64.2. The number of β-amino-alcohol motifs (C(OH)–C–C–N with tert-alkyl or cyclic N) is 1. The number of sulfonamides is 1. The highest BCUT2D eigenvalue weighted by molar-refractivity contribution is 7.92. The van der Waals surface area contributed by atoms with Gasteiger partial charge in [-0.2, -0.15) is 13.2 Å². The summed E-state index contributed by atoms with van der Waals surface area (Å²) in [6.07, 6.45) is -4.15. The quantitative estimate of drug-likeness (QED) is 0.170. The van der Waals surface area contributed by atoms with E-state index in [2.05, 4.69) is 15.4 Å². The summed E-state index contributed by atoms with van der Waals surface area (Å²) in [5, 5.41) is 36.0. The molecule has 0 aliphatic rings. The van der Waals surface area contributed by atoms with Crippen LogP contribution in [0.15, 0.2) is 60.7 Å². The number of aliphatic hydroxyl groups excluding tert-OH is 1. The van der Waals surface area contributed by atoms with Crippen molar-refractivity contribution in [1.82, 2.24) is 10.6 Å². The molecular weight excluding hydrogens is 575 g/mol. The van der Waals surface area contributed by atoms with Gasteiger partial charge in [-0.05, 0) is 72.9 Å². The SMILES string of the molecule is CC(C)(Cc1cccc(CC(=O)NCc2cc(O)cc(C(F)(F)F)c2)c1)NC[C@@H](O)c1ccc(O)c(NS(C)(=O)=O)c1. The third-order valence-electron chi connectivity index (χ3n) is 6.27. The first-order chi connectivity index (χ1) is 19.4. The predicted octanol–water partition coefficient (Wildman–Crippen LogP) is 3.99. The fourth-order valence-corrected chi connectivity index (χ4v) is 4.91. The molecule has 42 heavy (non-hydrogen) atoms. The number of benzene rings is 3. The Kier molecular flexibility index (Phi) is 10.1. The maximum atomic E-state index is 13.0. The lowest BCUT2D eigenvalue weighted by Crippen LogP contribution is -2.43. The second-order valence-corrected chi connectivity index (χ2v) is 12.5. The maximum Gasteiger partial charge on any atom is 0.416 e. The van der Waals surface area contributed by atoms with Crippen LogP contribution in [0.25, 0.3) is 0 Å². The molecule has 0 heterocycles. The summed E-state index contributed by atoms with van der Waals surface area (Å²) in [6, 6.07) is 14.1. The van der Waals surface area contributed by atoms with Crippen LogP contribution in [0.4, 0.5) is 18.9 Å². The number of aliphatic hydroxyl groups is 1. The molecule has 0 fully saturated rings. The van der Waals surface area contributed by atoms with Crippen molar-refractivity contribution in [3.8, 4) is 11.5 Å². The smallest absolute Gasteiger partial charge is 0.416 e. The Labute approximate surface area is 242 Å². The summed E-state index contributed by atoms with van der Waals surface area (Å²) in [7, 11) is -3.63. The second kappa shape index (κ2) is 13.0. The minimum absolute atomic E-state index is 0.00391. The number of carbonyl (C=O) groups excluding carboxylic acids is 1. The lowest BCUT2D eigenvalue weighted by molar-refractivity contribution is -0.137. The number of rotatable bonds is 12. The van der Waals surface area contributed by atoms with E-state index >= 15 is 0 Å². The molecule has 9 nitrogen and oxygen atoms in total. The van der Waals surface area contributed by atoms with Crippen LogP contribution in [0.5, 0.6) is 11.5 Å². The first-order valence-electron chi connectivity index (χ1n) is 12.9. The van der Waals surface area contributed by atoms with Crippen LogP contribution in [0.3, 0.4) is 0 Å². The molecule has 3 rings (SSSR count). The van der Waals surface area contributed by atoms with Crippen LogP contribution >= 0.6 is 0 Å². The zero-order valence-electron chi connectivity index (χ0n) is 23.3. The number of nitrogens with one attached hydrogen (secondary N) is 3. The Morgan fingerprint density at radius 1 is 0.952 bits per heavy atom. The van der Waals surface area contributed by atoms with Crippen molar-refractivity contribution in [3.05, 3.63) is 88.5 Å². The number of aromatic hydroxyl groups is 2. The van der Waals surface area contributed by atoms with E-state index in [1.165, 1.54) is 18.2 Å². The molecule has 0 saturated carbocycles. The standard InChI is InChI=1S/C29H34F3N3O6S/c1-28(2,34-17-26(38)21-7-8-25(37)24(13-21)35-42(3,40)41)15-19-6-4-5-18(9-19)12-27(39)33-16-20-10-22(29(30,31)32)14-23(36)11-20/h4-11,13-14,26,34-38H,12,15-17H2,1-3H3,(H,33,39)/t26-/m1/s1. The Balaban J connectivity index is 1.57. The molecule has 0 bridgehead atoms. The number of halogens is 3. The monoisotopic (exact) mass is 609 g/mol. The van der Waals surface area contributed by atoms with E-state index in [0.29, 0.717) is 23.6 Å². The molecule has 228 valence electrons. The van der Waals surface area contributed by atoms with Crippen molar-refractivity contribution in [2.75, 3.05) is 17.5 Å². The fourth-order valence-electron chi connectivity index (χ4n) is 4.34. The minimum Gasteiger partial charge on any atom is -0.508 e. The van der Waals surface area contributed by atoms with E-state index in [1.54, 1.807) is 12.1 Å².